The molecule has 0 unspecified atom stereocenters. The lowest BCUT2D eigenvalue weighted by Crippen LogP contribution is -2.52. The van der Waals surface area contributed by atoms with Crippen molar-refractivity contribution in [3.05, 3.63) is 0 Å². The molecule has 1 aliphatic rings. The lowest BCUT2D eigenvalue weighted by molar-refractivity contribution is -0.123. The van der Waals surface area contributed by atoms with Gasteiger partial charge in [-0.3, -0.25) is 5.41 Å². The number of alkyl halides is 2. The highest BCUT2D eigenvalue weighted by Crippen LogP contribution is 2.38. The van der Waals surface area contributed by atoms with Crippen molar-refractivity contribution in [1.82, 2.24) is 0 Å². The van der Waals surface area contributed by atoms with Crippen LogP contribution in [-0.2, 0) is 0 Å². The predicted octanol–water partition coefficient (Wildman–Crippen LogP) is 0.154. The van der Waals surface area contributed by atoms with Gasteiger partial charge in [0.15, 0.2) is 5.71 Å². The number of nitrogens with two attached hydrogens (primary N) is 1. The maximum absolute atomic E-state index is 5.56. The Labute approximate surface area is 52.1 Å². The molecule has 0 aliphatic heterocycles. The molecule has 0 amide bonds. The van der Waals surface area contributed by atoms with Gasteiger partial charge in [0.1, 0.15) is 4.33 Å². The van der Waals surface area contributed by atoms with E-state index in [9.17, 15) is 0 Å². The van der Waals surface area contributed by atoms with E-state index in [2.05, 4.69) is 0 Å². The summed E-state index contributed by atoms with van der Waals surface area (Å²) in [5, 5.41) is 5.30. The summed E-state index contributed by atoms with van der Waals surface area (Å²) < 4.78 is -0.524. The fourth-order valence-electron chi connectivity index (χ4n) is 0.613. The smallest absolute Gasteiger partial charge is 0.155 e. The molecule has 1 rings (SSSR count). The van der Waals surface area contributed by atoms with Gasteiger partial charge in [0.2, 0.25) is 0 Å². The third-order valence-corrected chi connectivity index (χ3v) is 1.51. The Kier molecular flexibility index (Phi) is 1.05. The van der Waals surface area contributed by atoms with E-state index in [1.165, 1.54) is 0 Å². The molecule has 7 heavy (non-hydrogen) atoms. The van der Waals surface area contributed by atoms with Crippen LogP contribution in [0.25, 0.3) is 0 Å². The molecule has 0 radical (unpaired) electrons. The van der Waals surface area contributed by atoms with E-state index in [0.717, 1.165) is 5.71 Å². The summed E-state index contributed by atoms with van der Waals surface area (Å²) in [6, 6.07) is 0. The van der Waals surface area contributed by atoms with Gasteiger partial charge < -0.3 is 0 Å². The van der Waals surface area contributed by atoms with Gasteiger partial charge in [-0.15, -0.1) is 23.2 Å². The molecule has 3 heteroatoms. The van der Waals surface area contributed by atoms with Gasteiger partial charge in [0.05, 0.1) is 12.8 Å². The fourth-order valence-corrected chi connectivity index (χ4v) is 1.30. The van der Waals surface area contributed by atoms with Crippen LogP contribution in [0.5, 0.6) is 0 Å². The molecule has 1 nitrogen and oxygen atoms in total. The minimum Gasteiger partial charge on any atom is -0.261 e. The van der Waals surface area contributed by atoms with E-state index < -0.39 is 4.33 Å². The van der Waals surface area contributed by atoms with Gasteiger partial charge in [-0.05, 0) is 0 Å². The topological polar surface area (TPSA) is 25.6 Å². The zero-order valence-electron chi connectivity index (χ0n) is 3.75. The van der Waals surface area contributed by atoms with Crippen LogP contribution in [-0.4, -0.2) is 10.0 Å². The fraction of sp³-hybridized carbons (Fsp3) is 0.750. The molecule has 1 aliphatic carbocycles. The Bertz CT molecular complexity index is 98.3. The van der Waals surface area contributed by atoms with Crippen LogP contribution in [0.4, 0.5) is 0 Å². The molecule has 0 spiro atoms. The van der Waals surface area contributed by atoms with E-state index in [1.54, 1.807) is 0 Å². The molecule has 0 saturated heterocycles. The zero-order valence-corrected chi connectivity index (χ0v) is 5.26. The number of halogens is 2. The number of rotatable bonds is 0. The second-order valence-corrected chi connectivity index (χ2v) is 3.51. The Morgan fingerprint density at radius 2 is 1.86 bits per heavy atom. The maximum Gasteiger partial charge on any atom is 0.155 e. The first-order valence-electron chi connectivity index (χ1n) is 2.08. The molecule has 40 valence electrons. The summed E-state index contributed by atoms with van der Waals surface area (Å²) in [4.78, 5) is 0. The average molecular weight is 139 g/mol. The van der Waals surface area contributed by atoms with E-state index >= 15 is 0 Å². The predicted molar refractivity (Wildman–Crippen MR) is 30.6 cm³/mol. The van der Waals surface area contributed by atoms with Gasteiger partial charge in [0.25, 0.3) is 0 Å². The quantitative estimate of drug-likeness (QED) is 0.462. The highest BCUT2D eigenvalue weighted by Gasteiger charge is 2.40. The Hall–Kier alpha value is 0.250. The van der Waals surface area contributed by atoms with Crippen LogP contribution in [0.3, 0.4) is 0 Å². The van der Waals surface area contributed by atoms with Crippen LogP contribution >= 0.6 is 23.2 Å². The Balaban J connectivity index is 2.43. The Morgan fingerprint density at radius 3 is 1.86 bits per heavy atom. The Morgan fingerprint density at radius 1 is 1.43 bits per heavy atom. The average Bonchev–Trinajstić information content (AvgIpc) is 1.27. The summed E-state index contributed by atoms with van der Waals surface area (Å²) >= 11 is 11.1. The van der Waals surface area contributed by atoms with Gasteiger partial charge in [0, 0.05) is 0 Å². The first-order valence-corrected chi connectivity index (χ1v) is 2.84. The minimum atomic E-state index is -0.524. The molecule has 1 fully saturated rings. The van der Waals surface area contributed by atoms with Crippen molar-refractivity contribution < 1.29 is 5.41 Å². The van der Waals surface area contributed by atoms with Crippen molar-refractivity contribution in [2.75, 3.05) is 0 Å². The normalized spacial score (nSPS) is 26.9. The first-order chi connectivity index (χ1) is 3.10. The molecular formula is C4H6Cl2N+. The number of hydrogen-bond donors (Lipinski definition) is 1. The summed E-state index contributed by atoms with van der Waals surface area (Å²) in [7, 11) is 0. The molecule has 0 bridgehead atoms. The van der Waals surface area contributed by atoms with Crippen LogP contribution in [0.2, 0.25) is 0 Å². The van der Waals surface area contributed by atoms with Gasteiger partial charge in [-0.1, -0.05) is 0 Å². The molecule has 2 N–H and O–H groups in total. The van der Waals surface area contributed by atoms with Crippen LogP contribution in [0.1, 0.15) is 12.8 Å². The summed E-state index contributed by atoms with van der Waals surface area (Å²) in [6.45, 7) is 0. The van der Waals surface area contributed by atoms with Crippen molar-refractivity contribution in [2.24, 2.45) is 0 Å². The van der Waals surface area contributed by atoms with E-state index in [-0.39, 0.29) is 0 Å². The second kappa shape index (κ2) is 1.36. The lowest BCUT2D eigenvalue weighted by Gasteiger charge is -2.25. The second-order valence-electron chi connectivity index (χ2n) is 1.87. The largest absolute Gasteiger partial charge is 0.261 e. The van der Waals surface area contributed by atoms with Crippen molar-refractivity contribution in [2.45, 2.75) is 17.2 Å². The highest BCUT2D eigenvalue weighted by molar-refractivity contribution is 6.52. The molecule has 0 aromatic rings. The maximum atomic E-state index is 5.56. The third kappa shape index (κ3) is 1.07. The minimum absolute atomic E-state index is 0.524. The third-order valence-electron chi connectivity index (χ3n) is 0.971. The van der Waals surface area contributed by atoms with Crippen LogP contribution in [0.15, 0.2) is 0 Å². The van der Waals surface area contributed by atoms with E-state index in [4.69, 9.17) is 28.6 Å². The van der Waals surface area contributed by atoms with Gasteiger partial charge in [-0.2, -0.15) is 0 Å². The van der Waals surface area contributed by atoms with Crippen molar-refractivity contribution in [3.8, 4) is 0 Å². The monoisotopic (exact) mass is 138 g/mol. The van der Waals surface area contributed by atoms with E-state index in [1.807, 2.05) is 0 Å². The van der Waals surface area contributed by atoms with Crippen molar-refractivity contribution >= 4 is 28.9 Å². The van der Waals surface area contributed by atoms with Gasteiger partial charge >= 0.3 is 0 Å². The SMILES string of the molecule is [NH2+]=C1CC(Cl)(Cl)C1. The lowest BCUT2D eigenvalue weighted by atomic mass is 9.96. The first kappa shape index (κ1) is 5.39. The van der Waals surface area contributed by atoms with Crippen molar-refractivity contribution in [3.63, 3.8) is 0 Å². The standard InChI is InChI=1S/C4H5Cl2N/c5-4(6)1-3(7)2-4/h7H,1-2H2/p+1. The molecule has 0 heterocycles. The molecule has 1 saturated carbocycles. The van der Waals surface area contributed by atoms with E-state index in [0.29, 0.717) is 12.8 Å². The van der Waals surface area contributed by atoms with Crippen LogP contribution < -0.4 is 5.41 Å². The number of hydrogen-bond acceptors (Lipinski definition) is 0. The zero-order chi connectivity index (χ0) is 5.49. The molecule has 0 aromatic carbocycles. The molecule has 0 aromatic heterocycles. The van der Waals surface area contributed by atoms with Crippen molar-refractivity contribution in [1.29, 1.82) is 0 Å². The highest BCUT2D eigenvalue weighted by atomic mass is 35.5. The summed E-state index contributed by atoms with van der Waals surface area (Å²) in [5.41, 5.74) is 0.907. The van der Waals surface area contributed by atoms with Gasteiger partial charge in [-0.25, -0.2) is 0 Å². The summed E-state index contributed by atoms with van der Waals surface area (Å²) in [6.07, 6.45) is 1.33. The molecular weight excluding hydrogens is 133 g/mol. The molecule has 0 atom stereocenters. The van der Waals surface area contributed by atoms with Crippen LogP contribution in [0, 0.1) is 0 Å². The summed E-state index contributed by atoms with van der Waals surface area (Å²) in [5.74, 6) is 0.